The van der Waals surface area contributed by atoms with Gasteiger partial charge in [0, 0.05) is 18.6 Å². The Balaban J connectivity index is 2.26. The molecule has 1 aromatic heterocycles. The van der Waals surface area contributed by atoms with Gasteiger partial charge >= 0.3 is 0 Å². The third-order valence-electron chi connectivity index (χ3n) is 3.72. The number of sulfone groups is 1. The lowest BCUT2D eigenvalue weighted by Crippen LogP contribution is -2.18. The summed E-state index contributed by atoms with van der Waals surface area (Å²) >= 11 is 0. The smallest absolute Gasteiger partial charge is 0.211 e. The van der Waals surface area contributed by atoms with E-state index in [0.717, 1.165) is 0 Å². The number of ether oxygens (including phenoxy) is 1. The minimum absolute atomic E-state index is 0.0608. The Bertz CT molecular complexity index is 1030. The number of rotatable bonds is 3. The first-order valence-corrected chi connectivity index (χ1v) is 8.41. The van der Waals surface area contributed by atoms with E-state index in [9.17, 15) is 13.2 Å². The normalized spacial score (nSPS) is 11.6. The van der Waals surface area contributed by atoms with Crippen molar-refractivity contribution >= 4 is 20.7 Å². The minimum Gasteiger partial charge on any atom is -0.497 e. The second-order valence-electron chi connectivity index (χ2n) is 5.13. The molecule has 0 atom stereocenters. The largest absolute Gasteiger partial charge is 0.497 e. The second-order valence-corrected chi connectivity index (χ2v) is 7.05. The molecule has 0 fully saturated rings. The van der Waals surface area contributed by atoms with E-state index in [0.29, 0.717) is 16.7 Å². The van der Waals surface area contributed by atoms with Crippen LogP contribution in [-0.4, -0.2) is 20.1 Å². The molecule has 0 aliphatic rings. The minimum atomic E-state index is -3.90. The molecule has 0 saturated carbocycles. The molecule has 3 aromatic rings. The van der Waals surface area contributed by atoms with Crippen LogP contribution in [0.5, 0.6) is 5.75 Å². The molecule has 0 N–H and O–H groups in total. The van der Waals surface area contributed by atoms with Crippen LogP contribution in [0.3, 0.4) is 0 Å². The van der Waals surface area contributed by atoms with Crippen LogP contribution in [0.1, 0.15) is 0 Å². The molecular weight excluding hydrogens is 314 g/mol. The van der Waals surface area contributed by atoms with E-state index in [1.165, 1.54) is 25.4 Å². The summed E-state index contributed by atoms with van der Waals surface area (Å²) in [6.07, 6.45) is 1.37. The van der Waals surface area contributed by atoms with Gasteiger partial charge in [-0.3, -0.25) is 4.79 Å². The highest BCUT2D eigenvalue weighted by molar-refractivity contribution is 7.91. The summed E-state index contributed by atoms with van der Waals surface area (Å²) in [6, 6.07) is 12.9. The van der Waals surface area contributed by atoms with E-state index in [2.05, 4.69) is 0 Å². The average Bonchev–Trinajstić information content (AvgIpc) is 2.58. The number of methoxy groups -OCH3 is 1. The number of fused-ring (bicyclic) bond motifs is 1. The van der Waals surface area contributed by atoms with E-state index in [1.807, 2.05) is 0 Å². The van der Waals surface area contributed by atoms with E-state index in [1.54, 1.807) is 48.0 Å². The standard InChI is InChI=1S/C17H15NO4S/c1-18-11-16(17(19)14-5-3-4-6-15(14)18)23(20,21)13-9-7-12(22-2)8-10-13/h3-11H,1-2H3. The number of benzene rings is 2. The van der Waals surface area contributed by atoms with Crippen molar-refractivity contribution in [2.45, 2.75) is 9.79 Å². The first-order valence-electron chi connectivity index (χ1n) is 6.92. The summed E-state index contributed by atoms with van der Waals surface area (Å²) < 4.78 is 32.3. The number of pyridine rings is 1. The van der Waals surface area contributed by atoms with Crippen molar-refractivity contribution in [1.82, 2.24) is 4.57 Å². The van der Waals surface area contributed by atoms with Crippen LogP contribution in [0, 0.1) is 0 Å². The number of aromatic nitrogens is 1. The van der Waals surface area contributed by atoms with E-state index in [-0.39, 0.29) is 9.79 Å². The van der Waals surface area contributed by atoms with Crippen LogP contribution in [0.15, 0.2) is 69.3 Å². The predicted octanol–water partition coefficient (Wildman–Crippen LogP) is 2.38. The van der Waals surface area contributed by atoms with Crippen LogP contribution in [0.4, 0.5) is 0 Å². The Morgan fingerprint density at radius 2 is 1.65 bits per heavy atom. The molecule has 2 aromatic carbocycles. The molecular formula is C17H15NO4S. The molecule has 3 rings (SSSR count). The molecule has 0 bridgehead atoms. The van der Waals surface area contributed by atoms with Gasteiger partial charge in [-0.1, -0.05) is 12.1 Å². The Morgan fingerprint density at radius 3 is 2.30 bits per heavy atom. The fourth-order valence-electron chi connectivity index (χ4n) is 2.48. The maximum Gasteiger partial charge on any atom is 0.211 e. The number of aryl methyl sites for hydroxylation is 1. The summed E-state index contributed by atoms with van der Waals surface area (Å²) in [7, 11) is -0.678. The summed E-state index contributed by atoms with van der Waals surface area (Å²) in [5.74, 6) is 0.551. The zero-order valence-corrected chi connectivity index (χ0v) is 13.5. The summed E-state index contributed by atoms with van der Waals surface area (Å²) in [6.45, 7) is 0. The van der Waals surface area contributed by atoms with Gasteiger partial charge in [-0.05, 0) is 36.4 Å². The van der Waals surface area contributed by atoms with Gasteiger partial charge in [-0.2, -0.15) is 0 Å². The number of para-hydroxylation sites is 1. The van der Waals surface area contributed by atoms with Gasteiger partial charge in [0.2, 0.25) is 15.3 Å². The fraction of sp³-hybridized carbons (Fsp3) is 0.118. The van der Waals surface area contributed by atoms with Gasteiger partial charge in [0.15, 0.2) is 0 Å². The quantitative estimate of drug-likeness (QED) is 0.740. The molecule has 6 heteroatoms. The van der Waals surface area contributed by atoms with Gasteiger partial charge in [0.05, 0.1) is 17.5 Å². The summed E-state index contributed by atoms with van der Waals surface area (Å²) in [4.78, 5) is 12.4. The van der Waals surface area contributed by atoms with Crippen molar-refractivity contribution in [3.05, 3.63) is 65.0 Å². The maximum absolute atomic E-state index is 12.8. The molecule has 0 aliphatic carbocycles. The van der Waals surface area contributed by atoms with Crippen molar-refractivity contribution < 1.29 is 13.2 Å². The van der Waals surface area contributed by atoms with Crippen LogP contribution >= 0.6 is 0 Å². The van der Waals surface area contributed by atoms with Crippen LogP contribution < -0.4 is 10.2 Å². The van der Waals surface area contributed by atoms with Gasteiger partial charge in [0.25, 0.3) is 0 Å². The van der Waals surface area contributed by atoms with E-state index >= 15 is 0 Å². The average molecular weight is 329 g/mol. The lowest BCUT2D eigenvalue weighted by atomic mass is 10.2. The highest BCUT2D eigenvalue weighted by Gasteiger charge is 2.23. The molecule has 0 unspecified atom stereocenters. The lowest BCUT2D eigenvalue weighted by molar-refractivity contribution is 0.414. The molecule has 23 heavy (non-hydrogen) atoms. The summed E-state index contributed by atoms with van der Waals surface area (Å²) in [5.41, 5.74) is 0.195. The van der Waals surface area contributed by atoms with E-state index < -0.39 is 15.3 Å². The molecule has 118 valence electrons. The number of hydrogen-bond acceptors (Lipinski definition) is 4. The van der Waals surface area contributed by atoms with Crippen molar-refractivity contribution in [2.24, 2.45) is 7.05 Å². The third kappa shape index (κ3) is 2.51. The van der Waals surface area contributed by atoms with Crippen LogP contribution in [-0.2, 0) is 16.9 Å². The Hall–Kier alpha value is -2.60. The molecule has 0 spiro atoms. The maximum atomic E-state index is 12.8. The number of nitrogens with zero attached hydrogens (tertiary/aromatic N) is 1. The molecule has 0 saturated heterocycles. The summed E-state index contributed by atoms with van der Waals surface area (Å²) in [5, 5.41) is 0.379. The van der Waals surface area contributed by atoms with Gasteiger partial charge < -0.3 is 9.30 Å². The first kappa shape index (κ1) is 15.3. The SMILES string of the molecule is COc1ccc(S(=O)(=O)c2cn(C)c3ccccc3c2=O)cc1. The third-order valence-corrected chi connectivity index (χ3v) is 5.49. The second kappa shape index (κ2) is 5.55. The van der Waals surface area contributed by atoms with Crippen LogP contribution in [0.25, 0.3) is 10.9 Å². The first-order chi connectivity index (χ1) is 10.9. The van der Waals surface area contributed by atoms with Crippen LogP contribution in [0.2, 0.25) is 0 Å². The Morgan fingerprint density at radius 1 is 1.00 bits per heavy atom. The Labute approximate surface area is 133 Å². The van der Waals surface area contributed by atoms with Crippen molar-refractivity contribution in [3.63, 3.8) is 0 Å². The zero-order valence-electron chi connectivity index (χ0n) is 12.7. The predicted molar refractivity (Wildman–Crippen MR) is 87.6 cm³/mol. The molecule has 1 heterocycles. The van der Waals surface area contributed by atoms with Gasteiger partial charge in [-0.25, -0.2) is 8.42 Å². The lowest BCUT2D eigenvalue weighted by Gasteiger charge is -2.10. The molecule has 0 amide bonds. The molecule has 0 radical (unpaired) electrons. The highest BCUT2D eigenvalue weighted by Crippen LogP contribution is 2.22. The van der Waals surface area contributed by atoms with Crippen molar-refractivity contribution in [3.8, 4) is 5.75 Å². The molecule has 0 aliphatic heterocycles. The van der Waals surface area contributed by atoms with E-state index in [4.69, 9.17) is 4.74 Å². The highest BCUT2D eigenvalue weighted by atomic mass is 32.2. The van der Waals surface area contributed by atoms with Crippen molar-refractivity contribution in [2.75, 3.05) is 7.11 Å². The molecule has 5 nitrogen and oxygen atoms in total. The topological polar surface area (TPSA) is 65.4 Å². The fourth-order valence-corrected chi connectivity index (χ4v) is 3.88. The zero-order chi connectivity index (χ0) is 16.6. The van der Waals surface area contributed by atoms with Gasteiger partial charge in [-0.15, -0.1) is 0 Å². The van der Waals surface area contributed by atoms with Crippen molar-refractivity contribution in [1.29, 1.82) is 0 Å². The van der Waals surface area contributed by atoms with Gasteiger partial charge in [0.1, 0.15) is 10.6 Å². The monoisotopic (exact) mass is 329 g/mol. The Kier molecular flexibility index (Phi) is 3.69. The number of hydrogen-bond donors (Lipinski definition) is 0.